The van der Waals surface area contributed by atoms with Crippen LogP contribution in [0.5, 0.6) is 0 Å². The maximum Gasteiger partial charge on any atom is 0.274 e. The first-order valence-corrected chi connectivity index (χ1v) is 7.84. The molecule has 116 valence electrons. The number of likely N-dealkylation sites (tertiary alicyclic amines) is 1. The predicted molar refractivity (Wildman–Crippen MR) is 83.4 cm³/mol. The number of carbonyl (C=O) groups is 1. The third-order valence-electron chi connectivity index (χ3n) is 4.18. The van der Waals surface area contributed by atoms with Gasteiger partial charge in [0, 0.05) is 25.7 Å². The van der Waals surface area contributed by atoms with Gasteiger partial charge in [-0.05, 0) is 51.8 Å². The predicted octanol–water partition coefficient (Wildman–Crippen LogP) is 2.32. The van der Waals surface area contributed by atoms with Crippen molar-refractivity contribution in [2.75, 3.05) is 26.7 Å². The van der Waals surface area contributed by atoms with Gasteiger partial charge in [0.2, 0.25) is 0 Å². The Morgan fingerprint density at radius 2 is 2.05 bits per heavy atom. The molecule has 2 heterocycles. The minimum absolute atomic E-state index is 0.0465. The summed E-state index contributed by atoms with van der Waals surface area (Å²) in [5.74, 6) is 0.618. The lowest BCUT2D eigenvalue weighted by Gasteiger charge is -2.34. The summed E-state index contributed by atoms with van der Waals surface area (Å²) < 4.78 is 0. The Labute approximate surface area is 131 Å². The zero-order valence-electron chi connectivity index (χ0n) is 12.9. The molecule has 0 N–H and O–H groups in total. The van der Waals surface area contributed by atoms with E-state index in [1.165, 1.54) is 0 Å². The molecule has 1 aliphatic rings. The Morgan fingerprint density at radius 3 is 2.57 bits per heavy atom. The largest absolute Gasteiger partial charge is 0.337 e. The molecule has 0 radical (unpaired) electrons. The minimum Gasteiger partial charge on any atom is -0.337 e. The third kappa shape index (κ3) is 4.38. The maximum absolute atomic E-state index is 12.3. The van der Waals surface area contributed by atoms with E-state index in [9.17, 15) is 4.79 Å². The van der Waals surface area contributed by atoms with E-state index in [0.717, 1.165) is 32.5 Å². The van der Waals surface area contributed by atoms with Crippen molar-refractivity contribution in [2.24, 2.45) is 5.92 Å². The van der Waals surface area contributed by atoms with Crippen LogP contribution in [0.2, 0.25) is 5.15 Å². The zero-order chi connectivity index (χ0) is 15.4. The van der Waals surface area contributed by atoms with Gasteiger partial charge in [-0.3, -0.25) is 4.79 Å². The van der Waals surface area contributed by atoms with Crippen LogP contribution < -0.4 is 0 Å². The first kappa shape index (κ1) is 16.2. The summed E-state index contributed by atoms with van der Waals surface area (Å²) in [7, 11) is 2.16. The number of carbonyl (C=O) groups excluding carboxylic acids is 1. The number of aromatic nitrogens is 2. The van der Waals surface area contributed by atoms with Gasteiger partial charge in [-0.1, -0.05) is 11.6 Å². The average Bonchev–Trinajstić information content (AvgIpc) is 2.48. The molecule has 21 heavy (non-hydrogen) atoms. The Hall–Kier alpha value is -1.20. The van der Waals surface area contributed by atoms with Crippen molar-refractivity contribution in [2.45, 2.75) is 32.7 Å². The lowest BCUT2D eigenvalue weighted by Crippen LogP contribution is -2.42. The monoisotopic (exact) mass is 310 g/mol. The summed E-state index contributed by atoms with van der Waals surface area (Å²) in [5, 5.41) is 7.90. The molecule has 1 aliphatic heterocycles. The molecule has 0 atom stereocenters. The molecule has 0 unspecified atom stereocenters. The van der Waals surface area contributed by atoms with Gasteiger partial charge in [0.05, 0.1) is 0 Å². The molecule has 6 heteroatoms. The van der Waals surface area contributed by atoms with Crippen LogP contribution in [0.15, 0.2) is 12.1 Å². The van der Waals surface area contributed by atoms with Gasteiger partial charge >= 0.3 is 0 Å². The molecular formula is C15H23ClN4O. The van der Waals surface area contributed by atoms with E-state index >= 15 is 0 Å². The summed E-state index contributed by atoms with van der Waals surface area (Å²) in [6, 6.07) is 3.80. The molecule has 1 saturated heterocycles. The highest BCUT2D eigenvalue weighted by Crippen LogP contribution is 2.20. The van der Waals surface area contributed by atoms with Gasteiger partial charge in [0.1, 0.15) is 0 Å². The van der Waals surface area contributed by atoms with Crippen molar-refractivity contribution in [1.29, 1.82) is 0 Å². The molecule has 1 amide bonds. The smallest absolute Gasteiger partial charge is 0.274 e. The average molecular weight is 311 g/mol. The minimum atomic E-state index is -0.0465. The first-order chi connectivity index (χ1) is 9.97. The van der Waals surface area contributed by atoms with E-state index in [4.69, 9.17) is 11.6 Å². The van der Waals surface area contributed by atoms with Crippen molar-refractivity contribution in [3.63, 3.8) is 0 Å². The van der Waals surface area contributed by atoms with Crippen LogP contribution in [0.3, 0.4) is 0 Å². The standard InChI is InChI=1S/C15H23ClN4O/c1-11(2)19(3)10-12-6-8-20(9-7-12)15(21)13-4-5-14(16)18-17-13/h4-5,11-12H,6-10H2,1-3H3. The molecule has 0 aromatic carbocycles. The van der Waals surface area contributed by atoms with E-state index in [-0.39, 0.29) is 5.91 Å². The molecule has 2 rings (SSSR count). The van der Waals surface area contributed by atoms with E-state index in [1.807, 2.05) is 4.90 Å². The number of hydrogen-bond acceptors (Lipinski definition) is 4. The number of amides is 1. The Morgan fingerprint density at radius 1 is 1.38 bits per heavy atom. The van der Waals surface area contributed by atoms with Crippen LogP contribution in [0.4, 0.5) is 0 Å². The van der Waals surface area contributed by atoms with Crippen LogP contribution in [-0.4, -0.2) is 58.6 Å². The molecule has 0 aliphatic carbocycles. The fourth-order valence-electron chi connectivity index (χ4n) is 2.53. The van der Waals surface area contributed by atoms with Crippen LogP contribution in [-0.2, 0) is 0 Å². The zero-order valence-corrected chi connectivity index (χ0v) is 13.7. The quantitative estimate of drug-likeness (QED) is 0.856. The SMILES string of the molecule is CC(C)N(C)CC1CCN(C(=O)c2ccc(Cl)nn2)CC1. The van der Waals surface area contributed by atoms with Gasteiger partial charge in [-0.25, -0.2) is 0 Å². The molecule has 0 bridgehead atoms. The second-order valence-corrected chi connectivity index (χ2v) is 6.40. The van der Waals surface area contributed by atoms with Crippen LogP contribution >= 0.6 is 11.6 Å². The molecule has 0 spiro atoms. The lowest BCUT2D eigenvalue weighted by molar-refractivity contribution is 0.0659. The third-order valence-corrected chi connectivity index (χ3v) is 4.38. The van der Waals surface area contributed by atoms with Gasteiger partial charge in [0.25, 0.3) is 5.91 Å². The van der Waals surface area contributed by atoms with Gasteiger partial charge in [0.15, 0.2) is 10.8 Å². The maximum atomic E-state index is 12.3. The Balaban J connectivity index is 1.86. The highest BCUT2D eigenvalue weighted by atomic mass is 35.5. The van der Waals surface area contributed by atoms with E-state index < -0.39 is 0 Å². The number of nitrogens with zero attached hydrogens (tertiary/aromatic N) is 4. The number of piperidine rings is 1. The first-order valence-electron chi connectivity index (χ1n) is 7.46. The molecular weight excluding hydrogens is 288 g/mol. The second-order valence-electron chi connectivity index (χ2n) is 6.01. The van der Waals surface area contributed by atoms with Crippen molar-refractivity contribution in [1.82, 2.24) is 20.0 Å². The Bertz CT molecular complexity index is 469. The summed E-state index contributed by atoms with van der Waals surface area (Å²) in [4.78, 5) is 16.6. The molecule has 1 aromatic rings. The summed E-state index contributed by atoms with van der Waals surface area (Å²) in [5.41, 5.74) is 0.372. The van der Waals surface area contributed by atoms with Gasteiger partial charge < -0.3 is 9.80 Å². The van der Waals surface area contributed by atoms with Crippen LogP contribution in [0.1, 0.15) is 37.2 Å². The van der Waals surface area contributed by atoms with E-state index in [2.05, 4.69) is 36.0 Å². The van der Waals surface area contributed by atoms with E-state index in [0.29, 0.717) is 22.8 Å². The highest BCUT2D eigenvalue weighted by Gasteiger charge is 2.25. The number of rotatable bonds is 4. The fraction of sp³-hybridized carbons (Fsp3) is 0.667. The van der Waals surface area contributed by atoms with Crippen molar-refractivity contribution >= 4 is 17.5 Å². The Kier molecular flexibility index (Phi) is 5.53. The number of halogens is 1. The number of hydrogen-bond donors (Lipinski definition) is 0. The van der Waals surface area contributed by atoms with Crippen molar-refractivity contribution in [3.8, 4) is 0 Å². The topological polar surface area (TPSA) is 49.3 Å². The highest BCUT2D eigenvalue weighted by molar-refractivity contribution is 6.29. The molecule has 1 fully saturated rings. The lowest BCUT2D eigenvalue weighted by atomic mass is 9.95. The van der Waals surface area contributed by atoms with Gasteiger partial charge in [-0.2, -0.15) is 0 Å². The van der Waals surface area contributed by atoms with Crippen LogP contribution in [0.25, 0.3) is 0 Å². The van der Waals surface area contributed by atoms with Crippen LogP contribution in [0, 0.1) is 5.92 Å². The van der Waals surface area contributed by atoms with Crippen molar-refractivity contribution < 1.29 is 4.79 Å². The molecule has 1 aromatic heterocycles. The van der Waals surface area contributed by atoms with Gasteiger partial charge in [-0.15, -0.1) is 10.2 Å². The molecule has 0 saturated carbocycles. The second kappa shape index (κ2) is 7.18. The van der Waals surface area contributed by atoms with E-state index in [1.54, 1.807) is 12.1 Å². The summed E-state index contributed by atoms with van der Waals surface area (Å²) >= 11 is 5.69. The molecule has 5 nitrogen and oxygen atoms in total. The normalized spacial score (nSPS) is 16.8. The summed E-state index contributed by atoms with van der Waals surface area (Å²) in [6.45, 7) is 7.09. The van der Waals surface area contributed by atoms with Crippen molar-refractivity contribution in [3.05, 3.63) is 23.0 Å². The summed E-state index contributed by atoms with van der Waals surface area (Å²) in [6.07, 6.45) is 2.09. The fourth-order valence-corrected chi connectivity index (χ4v) is 2.63.